The average molecular weight is 544 g/mol. The van der Waals surface area contributed by atoms with Gasteiger partial charge in [0, 0.05) is 95.5 Å². The van der Waals surface area contributed by atoms with Crippen LogP contribution in [0.3, 0.4) is 0 Å². The number of rotatable bonds is 5. The lowest BCUT2D eigenvalue weighted by Crippen LogP contribution is -2.54. The van der Waals surface area contributed by atoms with Gasteiger partial charge in [-0.1, -0.05) is 0 Å². The number of nitriles is 1. The Morgan fingerprint density at radius 3 is 2.73 bits per heavy atom. The van der Waals surface area contributed by atoms with E-state index < -0.39 is 6.10 Å². The van der Waals surface area contributed by atoms with Gasteiger partial charge in [0.05, 0.1) is 29.4 Å². The molecule has 0 bridgehead atoms. The number of nitrogens with zero attached hydrogens (tertiary/aromatic N) is 8. The van der Waals surface area contributed by atoms with Gasteiger partial charge in [-0.3, -0.25) is 9.88 Å². The first kappa shape index (κ1) is 26.7. The topological polar surface area (TPSA) is 117 Å². The van der Waals surface area contributed by atoms with E-state index in [-0.39, 0.29) is 12.2 Å². The van der Waals surface area contributed by atoms with E-state index in [4.69, 9.17) is 9.72 Å². The van der Waals surface area contributed by atoms with Crippen LogP contribution in [-0.2, 0) is 4.74 Å². The van der Waals surface area contributed by atoms with E-state index in [9.17, 15) is 10.4 Å². The van der Waals surface area contributed by atoms with Gasteiger partial charge in [-0.25, -0.2) is 4.98 Å². The van der Waals surface area contributed by atoms with Crippen molar-refractivity contribution in [3.63, 3.8) is 0 Å². The number of fused-ring (bicyclic) bond motifs is 1. The number of ether oxygens (including phenoxy) is 1. The van der Waals surface area contributed by atoms with Crippen LogP contribution in [0, 0.1) is 11.3 Å². The summed E-state index contributed by atoms with van der Waals surface area (Å²) in [7, 11) is 0. The summed E-state index contributed by atoms with van der Waals surface area (Å²) >= 11 is 0. The number of hydrogen-bond acceptors (Lipinski definition) is 11. The first-order valence-electron chi connectivity index (χ1n) is 14.2. The van der Waals surface area contributed by atoms with Crippen molar-refractivity contribution in [2.24, 2.45) is 0 Å². The lowest BCUT2D eigenvalue weighted by molar-refractivity contribution is -0.0327. The number of aliphatic hydroxyl groups excluding tert-OH is 1. The minimum atomic E-state index is -0.425. The molecule has 11 nitrogen and oxygen atoms in total. The van der Waals surface area contributed by atoms with Gasteiger partial charge in [-0.15, -0.1) is 0 Å². The maximum absolute atomic E-state index is 10.2. The summed E-state index contributed by atoms with van der Waals surface area (Å²) in [5.74, 6) is 1.62. The van der Waals surface area contributed by atoms with Crippen molar-refractivity contribution in [1.29, 1.82) is 5.26 Å². The van der Waals surface area contributed by atoms with Crippen molar-refractivity contribution in [1.82, 2.24) is 25.2 Å². The Hall–Kier alpha value is -3.56. The van der Waals surface area contributed by atoms with E-state index in [1.165, 1.54) is 0 Å². The average Bonchev–Trinajstić information content (AvgIpc) is 3.21. The maximum Gasteiger partial charge on any atom is 0.227 e. The van der Waals surface area contributed by atoms with Crippen LogP contribution in [0.25, 0.3) is 10.9 Å². The lowest BCUT2D eigenvalue weighted by atomic mass is 10.1. The molecule has 1 unspecified atom stereocenters. The molecule has 210 valence electrons. The lowest BCUT2D eigenvalue weighted by Gasteiger charge is -2.42. The van der Waals surface area contributed by atoms with Crippen LogP contribution in [0.1, 0.15) is 12.5 Å². The first-order chi connectivity index (χ1) is 19.6. The molecule has 2 N–H and O–H groups in total. The van der Waals surface area contributed by atoms with Crippen molar-refractivity contribution in [3.8, 4) is 6.07 Å². The molecule has 3 saturated heterocycles. The number of aromatic nitrogens is 3. The number of benzene rings is 1. The fraction of sp³-hybridized carbons (Fsp3) is 0.517. The third-order valence-electron chi connectivity index (χ3n) is 7.97. The molecule has 3 fully saturated rings. The number of piperazine rings is 1. The van der Waals surface area contributed by atoms with Crippen LogP contribution in [0.15, 0.2) is 42.7 Å². The SMILES string of the molecule is C[C@@H]1CN(c2ccc(C#N)c3ncccc23)C[C@H](CN2CCN(c3ccnc(N4CCNCC(O)C4)n3)CC2)O1. The Balaban J connectivity index is 1.08. The molecule has 0 spiro atoms. The molecule has 3 aromatic rings. The van der Waals surface area contributed by atoms with E-state index in [1.54, 1.807) is 6.20 Å². The van der Waals surface area contributed by atoms with E-state index in [1.807, 2.05) is 24.4 Å². The molecule has 6 rings (SSSR count). The van der Waals surface area contributed by atoms with Crippen molar-refractivity contribution >= 4 is 28.4 Å². The summed E-state index contributed by atoms with van der Waals surface area (Å²) < 4.78 is 6.39. The van der Waals surface area contributed by atoms with Crippen molar-refractivity contribution in [2.75, 3.05) is 86.7 Å². The molecule has 0 saturated carbocycles. The van der Waals surface area contributed by atoms with Crippen LogP contribution in [0.4, 0.5) is 17.5 Å². The van der Waals surface area contributed by atoms with Crippen LogP contribution >= 0.6 is 0 Å². The summed E-state index contributed by atoms with van der Waals surface area (Å²) in [5, 5.41) is 24.0. The van der Waals surface area contributed by atoms with Gasteiger partial charge >= 0.3 is 0 Å². The number of nitrogens with one attached hydrogen (secondary N) is 1. The Bertz CT molecular complexity index is 1360. The fourth-order valence-electron chi connectivity index (χ4n) is 6.06. The molecule has 0 aliphatic carbocycles. The maximum atomic E-state index is 10.2. The number of aliphatic hydroxyl groups is 1. The van der Waals surface area contributed by atoms with Gasteiger partial charge in [-0.2, -0.15) is 10.2 Å². The highest BCUT2D eigenvalue weighted by atomic mass is 16.5. The second kappa shape index (κ2) is 11.9. The first-order valence-corrected chi connectivity index (χ1v) is 14.2. The number of pyridine rings is 1. The normalized spacial score (nSPS) is 24.6. The van der Waals surface area contributed by atoms with Gasteiger partial charge in [-0.05, 0) is 37.3 Å². The van der Waals surface area contributed by atoms with Gasteiger partial charge in [0.1, 0.15) is 11.9 Å². The third kappa shape index (κ3) is 5.81. The molecule has 0 radical (unpaired) electrons. The van der Waals surface area contributed by atoms with Crippen LogP contribution in [0.2, 0.25) is 0 Å². The van der Waals surface area contributed by atoms with Crippen molar-refractivity contribution < 1.29 is 9.84 Å². The monoisotopic (exact) mass is 543 g/mol. The highest BCUT2D eigenvalue weighted by Gasteiger charge is 2.30. The Morgan fingerprint density at radius 2 is 1.88 bits per heavy atom. The van der Waals surface area contributed by atoms with E-state index in [2.05, 4.69) is 60.0 Å². The highest BCUT2D eigenvalue weighted by molar-refractivity contribution is 5.95. The number of morpholine rings is 1. The Labute approximate surface area is 235 Å². The molecule has 11 heteroatoms. The van der Waals surface area contributed by atoms with Gasteiger partial charge in [0.15, 0.2) is 0 Å². The molecule has 1 aromatic carbocycles. The molecule has 2 aromatic heterocycles. The summed E-state index contributed by atoms with van der Waals surface area (Å²) in [6.45, 7) is 11.0. The van der Waals surface area contributed by atoms with Gasteiger partial charge in [0.2, 0.25) is 5.95 Å². The van der Waals surface area contributed by atoms with Gasteiger partial charge < -0.3 is 29.9 Å². The minimum Gasteiger partial charge on any atom is -0.390 e. The minimum absolute atomic E-state index is 0.0893. The Kier molecular flexibility index (Phi) is 7.93. The van der Waals surface area contributed by atoms with Gasteiger partial charge in [0.25, 0.3) is 0 Å². The quantitative estimate of drug-likeness (QED) is 0.482. The molecular formula is C29H37N9O2. The zero-order valence-corrected chi connectivity index (χ0v) is 23.0. The molecule has 3 atom stereocenters. The zero-order valence-electron chi connectivity index (χ0n) is 23.0. The smallest absolute Gasteiger partial charge is 0.227 e. The standard InChI is InChI=1S/C29H37N9O2/c1-21-17-38(26-5-4-22(15-30)28-25(26)3-2-7-32-28)20-24(40-21)19-35-11-13-36(14-12-35)27-6-8-33-29(34-27)37-10-9-31-16-23(39)18-37/h2-8,21,23-24,31,39H,9-14,16-20H2,1H3/t21-,23?,24+/m1/s1. The molecule has 0 amide bonds. The van der Waals surface area contributed by atoms with Crippen LogP contribution in [-0.4, -0.2) is 115 Å². The van der Waals surface area contributed by atoms with Crippen LogP contribution < -0.4 is 20.0 Å². The Morgan fingerprint density at radius 1 is 1.00 bits per heavy atom. The zero-order chi connectivity index (χ0) is 27.5. The summed E-state index contributed by atoms with van der Waals surface area (Å²) in [5.41, 5.74) is 2.47. The summed E-state index contributed by atoms with van der Waals surface area (Å²) in [6.07, 6.45) is 3.34. The third-order valence-corrected chi connectivity index (χ3v) is 7.97. The second-order valence-corrected chi connectivity index (χ2v) is 10.9. The molecular weight excluding hydrogens is 506 g/mol. The number of β-amino-alcohol motifs (C(OH)–C–C–N with tert-alkyl or cyclic N) is 1. The molecule has 40 heavy (non-hydrogen) atoms. The van der Waals surface area contributed by atoms with E-state index >= 15 is 0 Å². The second-order valence-electron chi connectivity index (χ2n) is 10.9. The van der Waals surface area contributed by atoms with Crippen molar-refractivity contribution in [3.05, 3.63) is 48.3 Å². The predicted octanol–water partition coefficient (Wildman–Crippen LogP) is 1.08. The van der Waals surface area contributed by atoms with Crippen molar-refractivity contribution in [2.45, 2.75) is 25.2 Å². The predicted molar refractivity (Wildman–Crippen MR) is 155 cm³/mol. The largest absolute Gasteiger partial charge is 0.390 e. The van der Waals surface area contributed by atoms with Crippen LogP contribution in [0.5, 0.6) is 0 Å². The van der Waals surface area contributed by atoms with E-state index in [0.29, 0.717) is 24.6 Å². The summed E-state index contributed by atoms with van der Waals surface area (Å²) in [4.78, 5) is 23.1. The molecule has 3 aliphatic heterocycles. The van der Waals surface area contributed by atoms with E-state index in [0.717, 1.165) is 81.3 Å². The number of hydrogen-bond donors (Lipinski definition) is 2. The highest BCUT2D eigenvalue weighted by Crippen LogP contribution is 2.30. The number of anilines is 3. The summed E-state index contributed by atoms with van der Waals surface area (Å²) in [6, 6.07) is 12.2. The molecule has 3 aliphatic rings. The molecule has 5 heterocycles. The fourth-order valence-corrected chi connectivity index (χ4v) is 6.06.